The van der Waals surface area contributed by atoms with Gasteiger partial charge in [-0.1, -0.05) is 11.6 Å². The maximum atomic E-state index is 11.7. The van der Waals surface area contributed by atoms with Crippen molar-refractivity contribution in [1.29, 1.82) is 0 Å². The molecule has 1 aromatic heterocycles. The van der Waals surface area contributed by atoms with Crippen molar-refractivity contribution in [1.82, 2.24) is 4.98 Å². The van der Waals surface area contributed by atoms with E-state index in [2.05, 4.69) is 20.9 Å². The van der Waals surface area contributed by atoms with Crippen molar-refractivity contribution in [3.63, 3.8) is 0 Å². The van der Waals surface area contributed by atoms with Crippen molar-refractivity contribution in [3.8, 4) is 5.75 Å². The first-order chi connectivity index (χ1) is 9.08. The van der Waals surface area contributed by atoms with Gasteiger partial charge in [-0.25, -0.2) is 4.79 Å². The average molecular weight is 345 g/mol. The number of rotatable bonds is 3. The minimum Gasteiger partial charge on any atom is -0.496 e. The molecule has 0 atom stereocenters. The molecular weight excluding hydrogens is 334 g/mol. The van der Waals surface area contributed by atoms with Crippen molar-refractivity contribution in [3.05, 3.63) is 33.4 Å². The number of carbonyl (C=O) groups is 1. The third-order valence-corrected chi connectivity index (χ3v) is 3.60. The van der Waals surface area contributed by atoms with E-state index < -0.39 is 5.97 Å². The number of methoxy groups -OCH3 is 1. The van der Waals surface area contributed by atoms with E-state index in [9.17, 15) is 4.79 Å². The van der Waals surface area contributed by atoms with Crippen LogP contribution in [0.5, 0.6) is 5.75 Å². The van der Waals surface area contributed by atoms with Crippen LogP contribution in [0.1, 0.15) is 17.3 Å². The molecular formula is C13H11BrClNO3. The molecule has 2 aromatic rings. The molecule has 19 heavy (non-hydrogen) atoms. The average Bonchev–Trinajstić information content (AvgIpc) is 2.38. The minimum absolute atomic E-state index is 0.250. The Hall–Kier alpha value is -1.33. The Morgan fingerprint density at radius 2 is 2.21 bits per heavy atom. The molecule has 4 nitrogen and oxygen atoms in total. The zero-order valence-corrected chi connectivity index (χ0v) is 12.7. The normalized spacial score (nSPS) is 10.5. The lowest BCUT2D eigenvalue weighted by atomic mass is 10.1. The van der Waals surface area contributed by atoms with E-state index in [-0.39, 0.29) is 12.2 Å². The highest BCUT2D eigenvalue weighted by Gasteiger charge is 2.16. The summed E-state index contributed by atoms with van der Waals surface area (Å²) in [6, 6.07) is 3.52. The number of pyridine rings is 1. The Kier molecular flexibility index (Phi) is 4.27. The summed E-state index contributed by atoms with van der Waals surface area (Å²) in [7, 11) is 1.56. The summed E-state index contributed by atoms with van der Waals surface area (Å²) in [6.07, 6.45) is 1.42. The smallest absolute Gasteiger partial charge is 0.341 e. The van der Waals surface area contributed by atoms with E-state index in [1.807, 2.05) is 0 Å². The molecule has 2 rings (SSSR count). The van der Waals surface area contributed by atoms with Crippen LogP contribution in [0.3, 0.4) is 0 Å². The number of esters is 1. The van der Waals surface area contributed by atoms with Gasteiger partial charge >= 0.3 is 5.97 Å². The molecule has 0 aliphatic heterocycles. The van der Waals surface area contributed by atoms with Gasteiger partial charge in [0.2, 0.25) is 0 Å². The topological polar surface area (TPSA) is 48.4 Å². The predicted octanol–water partition coefficient (Wildman–Crippen LogP) is 3.84. The number of halogens is 2. The molecule has 0 amide bonds. The van der Waals surface area contributed by atoms with E-state index in [0.29, 0.717) is 21.7 Å². The second kappa shape index (κ2) is 5.75. The largest absolute Gasteiger partial charge is 0.496 e. The zero-order valence-electron chi connectivity index (χ0n) is 10.4. The molecule has 0 unspecified atom stereocenters. The fraction of sp³-hybridized carbons (Fsp3) is 0.231. The molecule has 1 aromatic carbocycles. The van der Waals surface area contributed by atoms with Crippen LogP contribution in [0.4, 0.5) is 0 Å². The third kappa shape index (κ3) is 2.67. The number of fused-ring (bicyclic) bond motifs is 1. The van der Waals surface area contributed by atoms with Gasteiger partial charge in [-0.15, -0.1) is 0 Å². The molecule has 100 valence electrons. The second-order valence-corrected chi connectivity index (χ2v) is 4.94. The van der Waals surface area contributed by atoms with Crippen LogP contribution in [-0.4, -0.2) is 24.7 Å². The van der Waals surface area contributed by atoms with Gasteiger partial charge in [-0.2, -0.15) is 0 Å². The summed E-state index contributed by atoms with van der Waals surface area (Å²) in [5.74, 6) is 0.140. The van der Waals surface area contributed by atoms with Crippen LogP contribution in [0.25, 0.3) is 10.9 Å². The molecule has 0 saturated carbocycles. The number of ether oxygens (including phenoxy) is 2. The molecule has 0 spiro atoms. The quantitative estimate of drug-likeness (QED) is 0.794. The fourth-order valence-corrected chi connectivity index (χ4v) is 2.44. The van der Waals surface area contributed by atoms with Crippen LogP contribution in [-0.2, 0) is 4.74 Å². The van der Waals surface area contributed by atoms with Crippen molar-refractivity contribution in [2.45, 2.75) is 6.92 Å². The maximum absolute atomic E-state index is 11.7. The van der Waals surface area contributed by atoms with Gasteiger partial charge in [-0.3, -0.25) is 4.98 Å². The summed E-state index contributed by atoms with van der Waals surface area (Å²) in [6.45, 7) is 2.03. The Morgan fingerprint density at radius 3 is 2.84 bits per heavy atom. The standard InChI is InChI=1S/C13H11BrClNO3/c1-3-19-13(17)8-6-16-10-5-9(14)11(18-2)4-7(10)12(8)15/h4-6H,3H2,1-2H3. The maximum Gasteiger partial charge on any atom is 0.341 e. The monoisotopic (exact) mass is 343 g/mol. The Morgan fingerprint density at radius 1 is 1.47 bits per heavy atom. The summed E-state index contributed by atoms with van der Waals surface area (Å²) in [4.78, 5) is 16.0. The van der Waals surface area contributed by atoms with Crippen LogP contribution in [0.2, 0.25) is 5.02 Å². The molecule has 0 fully saturated rings. The van der Waals surface area contributed by atoms with Crippen molar-refractivity contribution < 1.29 is 14.3 Å². The Balaban J connectivity index is 2.63. The van der Waals surface area contributed by atoms with E-state index in [1.54, 1.807) is 26.2 Å². The number of benzene rings is 1. The molecule has 0 radical (unpaired) electrons. The summed E-state index contributed by atoms with van der Waals surface area (Å²) in [5, 5.41) is 0.960. The van der Waals surface area contributed by atoms with E-state index in [4.69, 9.17) is 21.1 Å². The number of hydrogen-bond donors (Lipinski definition) is 0. The van der Waals surface area contributed by atoms with Crippen molar-refractivity contribution in [2.75, 3.05) is 13.7 Å². The van der Waals surface area contributed by atoms with Crippen molar-refractivity contribution >= 4 is 44.4 Å². The minimum atomic E-state index is -0.483. The summed E-state index contributed by atoms with van der Waals surface area (Å²) in [5.41, 5.74) is 0.922. The van der Waals surface area contributed by atoms with Gasteiger partial charge in [0.25, 0.3) is 0 Å². The number of aromatic nitrogens is 1. The van der Waals surface area contributed by atoms with Gasteiger partial charge in [0.1, 0.15) is 5.75 Å². The van der Waals surface area contributed by atoms with Crippen LogP contribution >= 0.6 is 27.5 Å². The van der Waals surface area contributed by atoms with Crippen molar-refractivity contribution in [2.24, 2.45) is 0 Å². The first kappa shape index (κ1) is 14.1. The van der Waals surface area contributed by atoms with E-state index >= 15 is 0 Å². The fourth-order valence-electron chi connectivity index (χ4n) is 1.67. The third-order valence-electron chi connectivity index (χ3n) is 2.57. The van der Waals surface area contributed by atoms with Crippen LogP contribution in [0.15, 0.2) is 22.8 Å². The first-order valence-electron chi connectivity index (χ1n) is 5.57. The highest BCUT2D eigenvalue weighted by atomic mass is 79.9. The van der Waals surface area contributed by atoms with Gasteiger partial charge in [0.05, 0.1) is 34.3 Å². The second-order valence-electron chi connectivity index (χ2n) is 3.71. The van der Waals surface area contributed by atoms with E-state index in [1.165, 1.54) is 6.20 Å². The zero-order chi connectivity index (χ0) is 14.0. The lowest BCUT2D eigenvalue weighted by Crippen LogP contribution is -2.06. The highest BCUT2D eigenvalue weighted by molar-refractivity contribution is 9.10. The summed E-state index contributed by atoms with van der Waals surface area (Å²) >= 11 is 9.62. The molecule has 0 aliphatic rings. The Bertz CT molecular complexity index is 645. The van der Waals surface area contributed by atoms with Gasteiger partial charge in [-0.05, 0) is 35.0 Å². The molecule has 0 aliphatic carbocycles. The molecule has 6 heteroatoms. The van der Waals surface area contributed by atoms with Crippen LogP contribution < -0.4 is 4.74 Å². The van der Waals surface area contributed by atoms with Crippen LogP contribution in [0, 0.1) is 0 Å². The van der Waals surface area contributed by atoms with E-state index in [0.717, 1.165) is 4.47 Å². The highest BCUT2D eigenvalue weighted by Crippen LogP contribution is 2.34. The molecule has 1 heterocycles. The number of hydrogen-bond acceptors (Lipinski definition) is 4. The summed E-state index contributed by atoms with van der Waals surface area (Å²) < 4.78 is 10.9. The van der Waals surface area contributed by atoms with Gasteiger partial charge in [0.15, 0.2) is 0 Å². The SMILES string of the molecule is CCOC(=O)c1cnc2cc(Br)c(OC)cc2c1Cl. The molecule has 0 bridgehead atoms. The lowest BCUT2D eigenvalue weighted by molar-refractivity contribution is 0.0526. The lowest BCUT2D eigenvalue weighted by Gasteiger charge is -2.09. The number of carbonyl (C=O) groups excluding carboxylic acids is 1. The molecule has 0 N–H and O–H groups in total. The Labute approximate surface area is 123 Å². The molecule has 0 saturated heterocycles. The van der Waals surface area contributed by atoms with Gasteiger partial charge in [0, 0.05) is 11.6 Å². The predicted molar refractivity (Wildman–Crippen MR) is 77.0 cm³/mol. The number of nitrogens with zero attached hydrogens (tertiary/aromatic N) is 1. The first-order valence-corrected chi connectivity index (χ1v) is 6.74. The van der Waals surface area contributed by atoms with Gasteiger partial charge < -0.3 is 9.47 Å².